The van der Waals surface area contributed by atoms with Crippen LogP contribution in [0.1, 0.15) is 13.8 Å². The molecule has 0 aromatic carbocycles. The Morgan fingerprint density at radius 3 is 2.00 bits per heavy atom. The Morgan fingerprint density at radius 2 is 1.59 bits per heavy atom. The van der Waals surface area contributed by atoms with Gasteiger partial charge in [0.2, 0.25) is 0 Å². The second-order valence-corrected chi connectivity index (χ2v) is 4.74. The average Bonchev–Trinajstić information content (AvgIpc) is 2.35. The fourth-order valence-corrected chi connectivity index (χ4v) is 2.62. The summed E-state index contributed by atoms with van der Waals surface area (Å²) in [6, 6.07) is 0. The van der Waals surface area contributed by atoms with Crippen LogP contribution in [0.5, 0.6) is 0 Å². The van der Waals surface area contributed by atoms with E-state index in [1.54, 1.807) is 13.8 Å². The molecule has 1 aliphatic carbocycles. The molecular formula is C11H12O6. The highest BCUT2D eigenvalue weighted by molar-refractivity contribution is 6.06. The van der Waals surface area contributed by atoms with Gasteiger partial charge in [0.1, 0.15) is 5.78 Å². The average molecular weight is 240 g/mol. The van der Waals surface area contributed by atoms with Crippen LogP contribution in [0.3, 0.4) is 0 Å². The molecule has 1 heterocycles. The lowest BCUT2D eigenvalue weighted by atomic mass is 9.55. The Hall–Kier alpha value is -1.72. The van der Waals surface area contributed by atoms with Crippen LogP contribution in [-0.2, 0) is 23.9 Å². The highest BCUT2D eigenvalue weighted by Gasteiger charge is 2.68. The Morgan fingerprint density at radius 1 is 1.12 bits per heavy atom. The van der Waals surface area contributed by atoms with Crippen molar-refractivity contribution in [3.8, 4) is 0 Å². The summed E-state index contributed by atoms with van der Waals surface area (Å²) in [5.41, 5.74) is 0. The largest absolute Gasteiger partial charge is 0.481 e. The van der Waals surface area contributed by atoms with E-state index in [0.29, 0.717) is 0 Å². The maximum absolute atomic E-state index is 11.9. The van der Waals surface area contributed by atoms with Gasteiger partial charge in [-0.25, -0.2) is 0 Å². The van der Waals surface area contributed by atoms with E-state index in [2.05, 4.69) is 4.74 Å². The standard InChI is InChI=1S/C11H12O6/c1-3(2)8(12)4-5(9(13)14)7-6(4)10(15)17-11(7)16/h3-7H,1-2H3,(H,13,14). The smallest absolute Gasteiger partial charge is 0.318 e. The van der Waals surface area contributed by atoms with Crippen LogP contribution in [0.15, 0.2) is 0 Å². The molecule has 0 amide bonds. The maximum atomic E-state index is 11.9. The monoisotopic (exact) mass is 240 g/mol. The molecule has 0 radical (unpaired) electrons. The van der Waals surface area contributed by atoms with E-state index in [0.717, 1.165) is 0 Å². The number of carbonyl (C=O) groups is 4. The molecule has 1 aliphatic heterocycles. The minimum Gasteiger partial charge on any atom is -0.481 e. The summed E-state index contributed by atoms with van der Waals surface area (Å²) in [7, 11) is 0. The number of carboxylic acid groups (broad SMARTS) is 1. The predicted octanol–water partition coefficient (Wildman–Crippen LogP) is -0.142. The molecule has 1 saturated carbocycles. The number of aliphatic carboxylic acids is 1. The Balaban J connectivity index is 2.32. The number of carboxylic acids is 1. The lowest BCUT2D eigenvalue weighted by molar-refractivity contribution is -0.168. The number of hydrogen-bond donors (Lipinski definition) is 1. The molecule has 0 aromatic heterocycles. The summed E-state index contributed by atoms with van der Waals surface area (Å²) in [4.78, 5) is 45.5. The Kier molecular flexibility index (Phi) is 2.52. The van der Waals surface area contributed by atoms with Crippen molar-refractivity contribution in [2.75, 3.05) is 0 Å². The molecule has 6 nitrogen and oxygen atoms in total. The fraction of sp³-hybridized carbons (Fsp3) is 0.636. The number of Topliss-reactive ketones (excluding diaryl/α,β-unsaturated/α-hetero) is 1. The molecule has 0 bridgehead atoms. The van der Waals surface area contributed by atoms with Gasteiger partial charge in [-0.05, 0) is 0 Å². The van der Waals surface area contributed by atoms with Gasteiger partial charge in [-0.3, -0.25) is 19.2 Å². The molecule has 6 heteroatoms. The van der Waals surface area contributed by atoms with Crippen molar-refractivity contribution in [3.63, 3.8) is 0 Å². The molecule has 2 aliphatic rings. The number of ether oxygens (including phenoxy) is 1. The van der Waals surface area contributed by atoms with Crippen molar-refractivity contribution in [2.45, 2.75) is 13.8 Å². The molecule has 92 valence electrons. The van der Waals surface area contributed by atoms with Gasteiger partial charge < -0.3 is 9.84 Å². The molecule has 0 spiro atoms. The van der Waals surface area contributed by atoms with Crippen molar-refractivity contribution < 1.29 is 29.0 Å². The van der Waals surface area contributed by atoms with Crippen LogP contribution in [0, 0.1) is 29.6 Å². The lowest BCUT2D eigenvalue weighted by Crippen LogP contribution is -2.56. The second-order valence-electron chi connectivity index (χ2n) is 4.74. The van der Waals surface area contributed by atoms with Crippen LogP contribution in [0.2, 0.25) is 0 Å². The van der Waals surface area contributed by atoms with Gasteiger partial charge in [0.25, 0.3) is 0 Å². The number of fused-ring (bicyclic) bond motifs is 1. The first-order valence-corrected chi connectivity index (χ1v) is 5.38. The number of ketones is 1. The summed E-state index contributed by atoms with van der Waals surface area (Å²) in [6.45, 7) is 3.27. The topological polar surface area (TPSA) is 97.7 Å². The van der Waals surface area contributed by atoms with Gasteiger partial charge in [-0.1, -0.05) is 13.8 Å². The van der Waals surface area contributed by atoms with E-state index in [-0.39, 0.29) is 11.7 Å². The first kappa shape index (κ1) is 11.8. The van der Waals surface area contributed by atoms with Crippen LogP contribution in [-0.4, -0.2) is 28.8 Å². The van der Waals surface area contributed by atoms with Crippen molar-refractivity contribution in [1.29, 1.82) is 0 Å². The van der Waals surface area contributed by atoms with Crippen molar-refractivity contribution >= 4 is 23.7 Å². The van der Waals surface area contributed by atoms with E-state index in [4.69, 9.17) is 5.11 Å². The minimum atomic E-state index is -1.23. The molecular weight excluding hydrogens is 228 g/mol. The Labute approximate surface area is 96.9 Å². The van der Waals surface area contributed by atoms with E-state index < -0.39 is 41.6 Å². The SMILES string of the molecule is CC(C)C(=O)C1C(C(=O)O)C2C(=O)OC(=O)C21. The van der Waals surface area contributed by atoms with Crippen molar-refractivity contribution in [2.24, 2.45) is 29.6 Å². The third kappa shape index (κ3) is 1.47. The zero-order valence-electron chi connectivity index (χ0n) is 9.38. The summed E-state index contributed by atoms with van der Waals surface area (Å²) in [5, 5.41) is 9.01. The summed E-state index contributed by atoms with van der Waals surface area (Å²) >= 11 is 0. The highest BCUT2D eigenvalue weighted by Crippen LogP contribution is 2.52. The number of rotatable bonds is 3. The van der Waals surface area contributed by atoms with Gasteiger partial charge >= 0.3 is 17.9 Å². The summed E-state index contributed by atoms with van der Waals surface area (Å²) in [5.74, 6) is -7.39. The van der Waals surface area contributed by atoms with Gasteiger partial charge in [0, 0.05) is 11.8 Å². The van der Waals surface area contributed by atoms with E-state index in [1.807, 2.05) is 0 Å². The molecule has 0 aromatic rings. The van der Waals surface area contributed by atoms with Gasteiger partial charge in [-0.15, -0.1) is 0 Å². The third-order valence-corrected chi connectivity index (χ3v) is 3.48. The van der Waals surface area contributed by atoms with E-state index in [9.17, 15) is 19.2 Å². The van der Waals surface area contributed by atoms with Gasteiger partial charge in [0.05, 0.1) is 17.8 Å². The number of cyclic esters (lactones) is 2. The molecule has 1 saturated heterocycles. The second kappa shape index (κ2) is 3.65. The fourth-order valence-electron chi connectivity index (χ4n) is 2.62. The van der Waals surface area contributed by atoms with Gasteiger partial charge in [-0.2, -0.15) is 0 Å². The summed E-state index contributed by atoms with van der Waals surface area (Å²) in [6.07, 6.45) is 0. The lowest BCUT2D eigenvalue weighted by Gasteiger charge is -2.41. The normalized spacial score (nSPS) is 35.2. The summed E-state index contributed by atoms with van der Waals surface area (Å²) < 4.78 is 4.40. The van der Waals surface area contributed by atoms with Crippen molar-refractivity contribution in [1.82, 2.24) is 0 Å². The van der Waals surface area contributed by atoms with Crippen LogP contribution in [0.4, 0.5) is 0 Å². The Bertz CT molecular complexity index is 424. The van der Waals surface area contributed by atoms with Gasteiger partial charge in [0.15, 0.2) is 0 Å². The molecule has 17 heavy (non-hydrogen) atoms. The number of carbonyl (C=O) groups excluding carboxylic acids is 3. The zero-order chi connectivity index (χ0) is 12.9. The van der Waals surface area contributed by atoms with E-state index >= 15 is 0 Å². The molecule has 4 unspecified atom stereocenters. The van der Waals surface area contributed by atoms with Crippen LogP contribution in [0.25, 0.3) is 0 Å². The third-order valence-electron chi connectivity index (χ3n) is 3.48. The molecule has 4 atom stereocenters. The maximum Gasteiger partial charge on any atom is 0.318 e. The zero-order valence-corrected chi connectivity index (χ0v) is 9.38. The van der Waals surface area contributed by atoms with E-state index in [1.165, 1.54) is 0 Å². The molecule has 2 rings (SSSR count). The first-order chi connectivity index (χ1) is 7.86. The molecule has 2 fully saturated rings. The minimum absolute atomic E-state index is 0.301. The van der Waals surface area contributed by atoms with Crippen LogP contribution >= 0.6 is 0 Å². The van der Waals surface area contributed by atoms with Crippen molar-refractivity contribution in [3.05, 3.63) is 0 Å². The predicted molar refractivity (Wildman–Crippen MR) is 52.5 cm³/mol. The van der Waals surface area contributed by atoms with Crippen LogP contribution < -0.4 is 0 Å². The number of esters is 2. The first-order valence-electron chi connectivity index (χ1n) is 5.38. The quantitative estimate of drug-likeness (QED) is 0.544. The molecule has 1 N–H and O–H groups in total. The number of hydrogen-bond acceptors (Lipinski definition) is 5. The highest BCUT2D eigenvalue weighted by atomic mass is 16.6.